The second kappa shape index (κ2) is 10.7. The maximum absolute atomic E-state index is 9.18. The second-order valence-electron chi connectivity index (χ2n) is 5.99. The van der Waals surface area contributed by atoms with Gasteiger partial charge in [-0.25, -0.2) is 0 Å². The van der Waals surface area contributed by atoms with E-state index in [0.717, 1.165) is 42.3 Å². The summed E-state index contributed by atoms with van der Waals surface area (Å²) < 4.78 is 11.3. The average molecular weight is 344 g/mol. The average Bonchev–Trinajstić information content (AvgIpc) is 2.63. The fourth-order valence-electron chi connectivity index (χ4n) is 2.40. The zero-order chi connectivity index (χ0) is 17.9. The van der Waals surface area contributed by atoms with Gasteiger partial charge in [0.1, 0.15) is 6.61 Å². The van der Waals surface area contributed by atoms with Crippen molar-refractivity contribution >= 4 is 0 Å². The molecular formula is C20H28N2O3. The molecule has 0 saturated heterocycles. The molecule has 0 unspecified atom stereocenters. The summed E-state index contributed by atoms with van der Waals surface area (Å²) in [5.74, 6) is 1.48. The first kappa shape index (κ1) is 19.2. The van der Waals surface area contributed by atoms with Crippen LogP contribution < -0.4 is 20.1 Å². The maximum atomic E-state index is 9.18. The van der Waals surface area contributed by atoms with Crippen LogP contribution in [0.25, 0.3) is 0 Å². The molecule has 2 aromatic carbocycles. The van der Waals surface area contributed by atoms with Crippen LogP contribution in [-0.4, -0.2) is 38.0 Å². The van der Waals surface area contributed by atoms with Gasteiger partial charge in [0.15, 0.2) is 11.5 Å². The van der Waals surface area contributed by atoms with Crippen molar-refractivity contribution in [3.05, 3.63) is 59.7 Å². The Balaban J connectivity index is 1.80. The quantitative estimate of drug-likeness (QED) is 0.546. The Labute approximate surface area is 150 Å². The Bertz CT molecular complexity index is 618. The maximum Gasteiger partial charge on any atom is 0.161 e. The van der Waals surface area contributed by atoms with E-state index in [9.17, 15) is 5.11 Å². The number of aliphatic hydroxyl groups excluding tert-OH is 1. The van der Waals surface area contributed by atoms with Gasteiger partial charge < -0.3 is 25.2 Å². The van der Waals surface area contributed by atoms with Crippen LogP contribution >= 0.6 is 0 Å². The summed E-state index contributed by atoms with van der Waals surface area (Å²) in [5, 5.41) is 15.7. The highest BCUT2D eigenvalue weighted by Gasteiger charge is 2.06. The topological polar surface area (TPSA) is 62.8 Å². The molecule has 0 bridgehead atoms. The molecule has 2 aromatic rings. The van der Waals surface area contributed by atoms with Crippen LogP contribution in [0.4, 0.5) is 0 Å². The third-order valence-electron chi connectivity index (χ3n) is 3.71. The Kier molecular flexibility index (Phi) is 8.25. The van der Waals surface area contributed by atoms with Crippen LogP contribution in [0.15, 0.2) is 48.5 Å². The lowest BCUT2D eigenvalue weighted by Gasteiger charge is -2.13. The Morgan fingerprint density at radius 2 is 1.72 bits per heavy atom. The first-order valence-electron chi connectivity index (χ1n) is 8.62. The van der Waals surface area contributed by atoms with Crippen LogP contribution in [0, 0.1) is 0 Å². The van der Waals surface area contributed by atoms with Crippen LogP contribution in [0.5, 0.6) is 11.5 Å². The molecule has 0 aliphatic rings. The molecule has 0 spiro atoms. The highest BCUT2D eigenvalue weighted by Crippen LogP contribution is 2.28. The number of benzene rings is 2. The van der Waals surface area contributed by atoms with Crippen molar-refractivity contribution in [2.24, 2.45) is 0 Å². The van der Waals surface area contributed by atoms with Crippen LogP contribution in [0.3, 0.4) is 0 Å². The molecule has 0 aromatic heterocycles. The number of hydrogen-bond donors (Lipinski definition) is 3. The van der Waals surface area contributed by atoms with E-state index in [1.807, 2.05) is 48.5 Å². The molecular weight excluding hydrogens is 316 g/mol. The van der Waals surface area contributed by atoms with Crippen molar-refractivity contribution in [1.29, 1.82) is 0 Å². The Morgan fingerprint density at radius 1 is 0.960 bits per heavy atom. The molecule has 25 heavy (non-hydrogen) atoms. The van der Waals surface area contributed by atoms with E-state index in [1.165, 1.54) is 0 Å². The second-order valence-corrected chi connectivity index (χ2v) is 5.99. The molecule has 2 rings (SSSR count). The van der Waals surface area contributed by atoms with Gasteiger partial charge >= 0.3 is 0 Å². The smallest absolute Gasteiger partial charge is 0.161 e. The summed E-state index contributed by atoms with van der Waals surface area (Å²) in [6.45, 7) is 5.31. The van der Waals surface area contributed by atoms with Gasteiger partial charge in [-0.15, -0.1) is 0 Å². The van der Waals surface area contributed by atoms with Crippen molar-refractivity contribution < 1.29 is 14.6 Å². The lowest BCUT2D eigenvalue weighted by Crippen LogP contribution is -2.31. The lowest BCUT2D eigenvalue weighted by molar-refractivity contribution is 0.191. The van der Waals surface area contributed by atoms with Crippen molar-refractivity contribution in [2.75, 3.05) is 26.7 Å². The van der Waals surface area contributed by atoms with E-state index in [-0.39, 0.29) is 6.10 Å². The molecule has 5 nitrogen and oxygen atoms in total. The fourth-order valence-corrected chi connectivity index (χ4v) is 2.40. The monoisotopic (exact) mass is 344 g/mol. The summed E-state index contributed by atoms with van der Waals surface area (Å²) in [6, 6.07) is 16.1. The Hall–Kier alpha value is -2.08. The molecule has 0 saturated carbocycles. The summed E-state index contributed by atoms with van der Waals surface area (Å²) in [4.78, 5) is 0. The normalized spacial score (nSPS) is 12.0. The molecule has 0 heterocycles. The third-order valence-corrected chi connectivity index (χ3v) is 3.71. The minimum Gasteiger partial charge on any atom is -0.493 e. The SMILES string of the molecule is COc1cc(CNCCNC[C@H](C)O)ccc1OCc1ccccc1. The van der Waals surface area contributed by atoms with E-state index >= 15 is 0 Å². The van der Waals surface area contributed by atoms with Gasteiger partial charge in [0.25, 0.3) is 0 Å². The molecule has 0 aliphatic heterocycles. The van der Waals surface area contributed by atoms with Crippen LogP contribution in [-0.2, 0) is 13.2 Å². The molecule has 0 fully saturated rings. The minimum absolute atomic E-state index is 0.312. The number of aliphatic hydroxyl groups is 1. The van der Waals surface area contributed by atoms with Crippen LogP contribution in [0.2, 0.25) is 0 Å². The zero-order valence-corrected chi connectivity index (χ0v) is 15.0. The summed E-state index contributed by atoms with van der Waals surface area (Å²) >= 11 is 0. The summed E-state index contributed by atoms with van der Waals surface area (Å²) in [6.07, 6.45) is -0.312. The third kappa shape index (κ3) is 7.13. The predicted octanol–water partition coefficient (Wildman–Crippen LogP) is 2.33. The number of hydrogen-bond acceptors (Lipinski definition) is 5. The van der Waals surface area contributed by atoms with Gasteiger partial charge in [0.05, 0.1) is 13.2 Å². The van der Waals surface area contributed by atoms with Gasteiger partial charge in [-0.3, -0.25) is 0 Å². The molecule has 0 amide bonds. The van der Waals surface area contributed by atoms with E-state index in [1.54, 1.807) is 14.0 Å². The predicted molar refractivity (Wildman–Crippen MR) is 100 cm³/mol. The summed E-state index contributed by atoms with van der Waals surface area (Å²) in [7, 11) is 1.65. The first-order valence-corrected chi connectivity index (χ1v) is 8.62. The van der Waals surface area contributed by atoms with Gasteiger partial charge in [-0.05, 0) is 30.2 Å². The van der Waals surface area contributed by atoms with Crippen molar-refractivity contribution in [2.45, 2.75) is 26.2 Å². The number of nitrogens with one attached hydrogen (secondary N) is 2. The van der Waals surface area contributed by atoms with E-state index < -0.39 is 0 Å². The fraction of sp³-hybridized carbons (Fsp3) is 0.400. The van der Waals surface area contributed by atoms with Crippen LogP contribution in [0.1, 0.15) is 18.1 Å². The van der Waals surface area contributed by atoms with Gasteiger partial charge in [-0.1, -0.05) is 36.4 Å². The number of methoxy groups -OCH3 is 1. The first-order chi connectivity index (χ1) is 12.2. The Morgan fingerprint density at radius 3 is 2.44 bits per heavy atom. The van der Waals surface area contributed by atoms with E-state index in [0.29, 0.717) is 13.2 Å². The molecule has 5 heteroatoms. The van der Waals surface area contributed by atoms with Gasteiger partial charge in [0, 0.05) is 26.2 Å². The van der Waals surface area contributed by atoms with Gasteiger partial charge in [-0.2, -0.15) is 0 Å². The highest BCUT2D eigenvalue weighted by atomic mass is 16.5. The molecule has 136 valence electrons. The van der Waals surface area contributed by atoms with E-state index in [2.05, 4.69) is 10.6 Å². The highest BCUT2D eigenvalue weighted by molar-refractivity contribution is 5.43. The minimum atomic E-state index is -0.312. The number of rotatable bonds is 11. The van der Waals surface area contributed by atoms with Gasteiger partial charge in [0.2, 0.25) is 0 Å². The largest absolute Gasteiger partial charge is 0.493 e. The van der Waals surface area contributed by atoms with Crippen molar-refractivity contribution in [1.82, 2.24) is 10.6 Å². The van der Waals surface area contributed by atoms with Crippen molar-refractivity contribution in [3.63, 3.8) is 0 Å². The number of ether oxygens (including phenoxy) is 2. The zero-order valence-electron chi connectivity index (χ0n) is 15.0. The summed E-state index contributed by atoms with van der Waals surface area (Å²) in [5.41, 5.74) is 2.26. The molecule has 0 aliphatic carbocycles. The lowest BCUT2D eigenvalue weighted by atomic mass is 10.2. The standard InChI is InChI=1S/C20H28N2O3/c1-16(23)13-21-10-11-22-14-18-8-9-19(20(12-18)24-2)25-15-17-6-4-3-5-7-17/h3-9,12,16,21-23H,10-11,13-15H2,1-2H3/t16-/m0/s1. The van der Waals surface area contributed by atoms with Crippen molar-refractivity contribution in [3.8, 4) is 11.5 Å². The molecule has 0 radical (unpaired) electrons. The molecule has 1 atom stereocenters. The van der Waals surface area contributed by atoms with E-state index in [4.69, 9.17) is 9.47 Å². The molecule has 3 N–H and O–H groups in total.